The minimum absolute atomic E-state index is 0.569. The molecule has 0 aliphatic heterocycles. The van der Waals surface area contributed by atoms with Crippen LogP contribution in [-0.4, -0.2) is 35.5 Å². The smallest absolute Gasteiger partial charge is 0.265 e. The number of hydrogen-bond donors (Lipinski definition) is 0. The van der Waals surface area contributed by atoms with Crippen LogP contribution in [0.15, 0.2) is 11.6 Å². The molecule has 0 aromatic heterocycles. The molecular formula is C10H20F3N2P. The third kappa shape index (κ3) is 4.04. The lowest BCUT2D eigenvalue weighted by molar-refractivity contribution is 0.375. The van der Waals surface area contributed by atoms with Crippen LogP contribution in [0.2, 0.25) is 0 Å². The van der Waals surface area contributed by atoms with Crippen LogP contribution in [0.3, 0.4) is 0 Å². The van der Waals surface area contributed by atoms with Crippen LogP contribution in [0.1, 0.15) is 27.7 Å². The first-order valence-corrected chi connectivity index (χ1v) is 6.78. The third-order valence-corrected chi connectivity index (χ3v) is 5.05. The Bertz CT molecular complexity index is 212. The fourth-order valence-corrected chi connectivity index (χ4v) is 3.56. The van der Waals surface area contributed by atoms with Gasteiger partial charge in [-0.2, -0.15) is 13.2 Å². The zero-order chi connectivity index (χ0) is 12.7. The molecule has 0 radical (unpaired) electrons. The third-order valence-electron chi connectivity index (χ3n) is 2.33. The number of rotatable bonds is 7. The second-order valence-corrected chi connectivity index (χ2v) is 5.22. The minimum atomic E-state index is -2.19. The molecule has 0 aliphatic rings. The van der Waals surface area contributed by atoms with Gasteiger partial charge >= 0.3 is 6.08 Å². The highest BCUT2D eigenvalue weighted by Crippen LogP contribution is 2.53. The summed E-state index contributed by atoms with van der Waals surface area (Å²) in [5.41, 5.74) is -1.26. The highest BCUT2D eigenvalue weighted by Gasteiger charge is 2.29. The predicted molar refractivity (Wildman–Crippen MR) is 63.1 cm³/mol. The van der Waals surface area contributed by atoms with Gasteiger partial charge in [-0.1, -0.05) is 27.7 Å². The summed E-state index contributed by atoms with van der Waals surface area (Å²) in [4.78, 5) is 0. The van der Waals surface area contributed by atoms with Gasteiger partial charge in [0.1, 0.15) is 8.22 Å². The lowest BCUT2D eigenvalue weighted by Crippen LogP contribution is -2.29. The molecule has 0 saturated carbocycles. The van der Waals surface area contributed by atoms with E-state index in [4.69, 9.17) is 0 Å². The largest absolute Gasteiger partial charge is 0.308 e. The highest BCUT2D eigenvalue weighted by atomic mass is 31.1. The first-order valence-electron chi connectivity index (χ1n) is 5.53. The van der Waals surface area contributed by atoms with Gasteiger partial charge in [-0.05, 0) is 0 Å². The van der Waals surface area contributed by atoms with Crippen molar-refractivity contribution in [2.75, 3.05) is 26.2 Å². The molecule has 0 aromatic rings. The number of halogens is 3. The van der Waals surface area contributed by atoms with Gasteiger partial charge < -0.3 is 0 Å². The van der Waals surface area contributed by atoms with E-state index < -0.39 is 19.9 Å². The summed E-state index contributed by atoms with van der Waals surface area (Å²) in [5.74, 6) is 0. The maximum Gasteiger partial charge on any atom is 0.308 e. The van der Waals surface area contributed by atoms with Crippen LogP contribution in [0.5, 0.6) is 0 Å². The molecule has 0 atom stereocenters. The summed E-state index contributed by atoms with van der Waals surface area (Å²) in [6.07, 6.45) is -2.19. The van der Waals surface area contributed by atoms with Crippen molar-refractivity contribution in [3.8, 4) is 0 Å². The van der Waals surface area contributed by atoms with Gasteiger partial charge in [0.05, 0.1) is 0 Å². The normalized spacial score (nSPS) is 11.6. The van der Waals surface area contributed by atoms with E-state index in [0.29, 0.717) is 26.2 Å². The van der Waals surface area contributed by atoms with Gasteiger partial charge in [0, 0.05) is 26.2 Å². The molecular weight excluding hydrogens is 236 g/mol. The van der Waals surface area contributed by atoms with E-state index in [1.54, 1.807) is 9.34 Å². The monoisotopic (exact) mass is 256 g/mol. The van der Waals surface area contributed by atoms with Crippen LogP contribution in [-0.2, 0) is 0 Å². The summed E-state index contributed by atoms with van der Waals surface area (Å²) in [5, 5.41) is 0. The maximum atomic E-state index is 13.5. The van der Waals surface area contributed by atoms with Crippen molar-refractivity contribution in [3.05, 3.63) is 11.6 Å². The van der Waals surface area contributed by atoms with E-state index in [0.717, 1.165) is 0 Å². The standard InChI is InChI=1S/C10H20F3N2P/c1-5-14(6-2)16(10(13)9(11)12)15(7-3)8-4/h5-8H2,1-4H3. The van der Waals surface area contributed by atoms with Crippen LogP contribution >= 0.6 is 8.22 Å². The zero-order valence-electron chi connectivity index (χ0n) is 10.3. The predicted octanol–water partition coefficient (Wildman–Crippen LogP) is 4.02. The average molecular weight is 256 g/mol. The summed E-state index contributed by atoms with van der Waals surface area (Å²) in [6.45, 7) is 9.69. The van der Waals surface area contributed by atoms with Crippen molar-refractivity contribution >= 4 is 8.22 Å². The Balaban J connectivity index is 5.10. The van der Waals surface area contributed by atoms with Crippen molar-refractivity contribution in [2.24, 2.45) is 0 Å². The van der Waals surface area contributed by atoms with Gasteiger partial charge in [0.2, 0.25) is 5.57 Å². The first kappa shape index (κ1) is 15.9. The summed E-state index contributed by atoms with van der Waals surface area (Å²) in [7, 11) is -1.66. The highest BCUT2D eigenvalue weighted by molar-refractivity contribution is 7.56. The average Bonchev–Trinajstić information content (AvgIpc) is 2.28. The SMILES string of the molecule is CCN(CC)P(C(F)=C(F)F)N(CC)CC. The lowest BCUT2D eigenvalue weighted by atomic mass is 10.7. The summed E-state index contributed by atoms with van der Waals surface area (Å²) < 4.78 is 41.8. The van der Waals surface area contributed by atoms with E-state index in [-0.39, 0.29) is 0 Å². The summed E-state index contributed by atoms with van der Waals surface area (Å²) >= 11 is 0. The molecule has 2 nitrogen and oxygen atoms in total. The van der Waals surface area contributed by atoms with Gasteiger partial charge in [0.15, 0.2) is 0 Å². The van der Waals surface area contributed by atoms with Gasteiger partial charge in [-0.25, -0.2) is 0 Å². The first-order chi connectivity index (χ1) is 7.53. The molecule has 0 unspecified atom stereocenters. The van der Waals surface area contributed by atoms with Gasteiger partial charge in [0.25, 0.3) is 0 Å². The Morgan fingerprint density at radius 2 is 1.12 bits per heavy atom. The minimum Gasteiger partial charge on any atom is -0.265 e. The molecule has 0 heterocycles. The van der Waals surface area contributed by atoms with E-state index in [1.165, 1.54) is 0 Å². The quantitative estimate of drug-likeness (QED) is 0.635. The summed E-state index contributed by atoms with van der Waals surface area (Å²) in [6, 6.07) is 0. The van der Waals surface area contributed by atoms with Crippen LogP contribution in [0.4, 0.5) is 13.2 Å². The Morgan fingerprint density at radius 1 is 0.812 bits per heavy atom. The molecule has 96 valence electrons. The number of hydrogen-bond acceptors (Lipinski definition) is 2. The van der Waals surface area contributed by atoms with Crippen LogP contribution < -0.4 is 0 Å². The molecule has 0 aliphatic carbocycles. The molecule has 0 amide bonds. The van der Waals surface area contributed by atoms with Gasteiger partial charge in [-0.3, -0.25) is 9.34 Å². The molecule has 0 saturated heterocycles. The van der Waals surface area contributed by atoms with E-state index in [2.05, 4.69) is 0 Å². The van der Waals surface area contributed by atoms with Crippen molar-refractivity contribution < 1.29 is 13.2 Å². The van der Waals surface area contributed by atoms with E-state index >= 15 is 0 Å². The Morgan fingerprint density at radius 3 is 1.31 bits per heavy atom. The van der Waals surface area contributed by atoms with Crippen molar-refractivity contribution in [3.63, 3.8) is 0 Å². The molecule has 16 heavy (non-hydrogen) atoms. The van der Waals surface area contributed by atoms with Crippen LogP contribution in [0, 0.1) is 0 Å². The maximum absolute atomic E-state index is 13.5. The second-order valence-electron chi connectivity index (χ2n) is 3.12. The zero-order valence-corrected chi connectivity index (χ0v) is 11.2. The Kier molecular flexibility index (Phi) is 7.98. The fraction of sp³-hybridized carbons (Fsp3) is 0.800. The molecule has 0 rings (SSSR count). The molecule has 6 heteroatoms. The van der Waals surface area contributed by atoms with E-state index in [1.807, 2.05) is 27.7 Å². The van der Waals surface area contributed by atoms with Crippen LogP contribution in [0.25, 0.3) is 0 Å². The molecule has 0 bridgehead atoms. The molecule has 0 N–H and O–H groups in total. The fourth-order valence-electron chi connectivity index (χ4n) is 1.49. The van der Waals surface area contributed by atoms with Gasteiger partial charge in [-0.15, -0.1) is 0 Å². The van der Waals surface area contributed by atoms with E-state index in [9.17, 15) is 13.2 Å². The number of nitrogens with zero attached hydrogens (tertiary/aromatic N) is 2. The molecule has 0 aromatic carbocycles. The lowest BCUT2D eigenvalue weighted by Gasteiger charge is -2.35. The van der Waals surface area contributed by atoms with Crippen molar-refractivity contribution in [2.45, 2.75) is 27.7 Å². The Hall–Kier alpha value is -0.120. The van der Waals surface area contributed by atoms with Crippen molar-refractivity contribution in [1.82, 2.24) is 9.34 Å². The Labute approximate surface area is 97.0 Å². The topological polar surface area (TPSA) is 6.48 Å². The second kappa shape index (κ2) is 8.04. The van der Waals surface area contributed by atoms with Crippen molar-refractivity contribution in [1.29, 1.82) is 0 Å². The molecule has 0 fully saturated rings. The molecule has 0 spiro atoms.